The van der Waals surface area contributed by atoms with Gasteiger partial charge in [-0.15, -0.1) is 0 Å². The van der Waals surface area contributed by atoms with Crippen LogP contribution in [0.3, 0.4) is 0 Å². The number of nitrogens with one attached hydrogen (secondary N) is 1. The van der Waals surface area contributed by atoms with Gasteiger partial charge in [0.05, 0.1) is 0 Å². The second-order valence-corrected chi connectivity index (χ2v) is 3.54. The first-order valence-electron chi connectivity index (χ1n) is 4.65. The molecular formula is C11H16N2O. The summed E-state index contributed by atoms with van der Waals surface area (Å²) in [7, 11) is 0. The molecule has 76 valence electrons. The summed E-state index contributed by atoms with van der Waals surface area (Å²) in [4.78, 5) is 0. The van der Waals surface area contributed by atoms with Gasteiger partial charge in [-0.05, 0) is 23.6 Å². The van der Waals surface area contributed by atoms with Crippen LogP contribution in [0.25, 0.3) is 0 Å². The summed E-state index contributed by atoms with van der Waals surface area (Å²) in [6, 6.07) is 7.86. The van der Waals surface area contributed by atoms with Crippen molar-refractivity contribution < 1.29 is 4.74 Å². The van der Waals surface area contributed by atoms with Crippen molar-refractivity contribution in [3.8, 4) is 5.75 Å². The molecule has 0 unspecified atom stereocenters. The Bertz CT molecular complexity index is 304. The molecule has 3 N–H and O–H groups in total. The number of benzene rings is 1. The molecule has 0 spiro atoms. The number of rotatable bonds is 4. The van der Waals surface area contributed by atoms with Crippen LogP contribution in [0, 0.1) is 5.41 Å². The Morgan fingerprint density at radius 1 is 1.36 bits per heavy atom. The van der Waals surface area contributed by atoms with Crippen LogP contribution in [0.1, 0.15) is 25.3 Å². The second kappa shape index (κ2) is 4.65. The minimum Gasteiger partial charge on any atom is -0.486 e. The number of hydrogen-bond donors (Lipinski definition) is 2. The molecule has 0 aliphatic carbocycles. The van der Waals surface area contributed by atoms with Crippen molar-refractivity contribution in [3.63, 3.8) is 0 Å². The number of nitrogens with two attached hydrogens (primary N) is 1. The van der Waals surface area contributed by atoms with Crippen LogP contribution < -0.4 is 10.5 Å². The molecule has 0 radical (unpaired) electrons. The first-order valence-corrected chi connectivity index (χ1v) is 4.65. The third kappa shape index (κ3) is 3.09. The largest absolute Gasteiger partial charge is 0.486 e. The van der Waals surface area contributed by atoms with Crippen molar-refractivity contribution in [2.45, 2.75) is 19.8 Å². The maximum absolute atomic E-state index is 7.01. The molecule has 0 aliphatic rings. The fraction of sp³-hybridized carbons (Fsp3) is 0.364. The average molecular weight is 192 g/mol. The molecule has 3 heteroatoms. The van der Waals surface area contributed by atoms with E-state index in [0.717, 1.165) is 5.75 Å². The maximum atomic E-state index is 7.01. The van der Waals surface area contributed by atoms with Gasteiger partial charge in [-0.3, -0.25) is 5.41 Å². The van der Waals surface area contributed by atoms with Crippen LogP contribution >= 0.6 is 0 Å². The van der Waals surface area contributed by atoms with E-state index in [2.05, 4.69) is 13.8 Å². The Balaban J connectivity index is 2.59. The average Bonchev–Trinajstić information content (AvgIpc) is 2.15. The van der Waals surface area contributed by atoms with Gasteiger partial charge in [-0.2, -0.15) is 0 Å². The van der Waals surface area contributed by atoms with E-state index >= 15 is 0 Å². The lowest BCUT2D eigenvalue weighted by molar-refractivity contribution is 0.374. The van der Waals surface area contributed by atoms with E-state index in [1.54, 1.807) is 0 Å². The highest BCUT2D eigenvalue weighted by atomic mass is 16.5. The monoisotopic (exact) mass is 192 g/mol. The van der Waals surface area contributed by atoms with Gasteiger partial charge < -0.3 is 10.5 Å². The van der Waals surface area contributed by atoms with Gasteiger partial charge >= 0.3 is 0 Å². The number of hydrogen-bond acceptors (Lipinski definition) is 2. The summed E-state index contributed by atoms with van der Waals surface area (Å²) < 4.78 is 5.25. The van der Waals surface area contributed by atoms with Crippen LogP contribution in [-0.2, 0) is 0 Å². The van der Waals surface area contributed by atoms with Crippen LogP contribution in [0.5, 0.6) is 5.75 Å². The zero-order valence-corrected chi connectivity index (χ0v) is 8.58. The Morgan fingerprint density at radius 3 is 2.36 bits per heavy atom. The molecule has 0 amide bonds. The van der Waals surface area contributed by atoms with Crippen molar-refractivity contribution >= 4 is 5.84 Å². The van der Waals surface area contributed by atoms with Gasteiger partial charge in [0.1, 0.15) is 18.2 Å². The van der Waals surface area contributed by atoms with E-state index < -0.39 is 0 Å². The van der Waals surface area contributed by atoms with Gasteiger partial charge in [0.15, 0.2) is 0 Å². The number of amidine groups is 1. The predicted octanol–water partition coefficient (Wildman–Crippen LogP) is 2.12. The third-order valence-corrected chi connectivity index (χ3v) is 1.94. The van der Waals surface area contributed by atoms with Crippen molar-refractivity contribution in [2.24, 2.45) is 5.73 Å². The molecule has 1 aromatic carbocycles. The van der Waals surface area contributed by atoms with Gasteiger partial charge in [-0.25, -0.2) is 0 Å². The highest BCUT2D eigenvalue weighted by Crippen LogP contribution is 2.18. The Labute approximate surface area is 84.4 Å². The summed E-state index contributed by atoms with van der Waals surface area (Å²) in [5.41, 5.74) is 6.45. The summed E-state index contributed by atoms with van der Waals surface area (Å²) in [5.74, 6) is 1.32. The quantitative estimate of drug-likeness (QED) is 0.567. The molecule has 0 fully saturated rings. The van der Waals surface area contributed by atoms with Gasteiger partial charge in [-0.1, -0.05) is 26.0 Å². The van der Waals surface area contributed by atoms with Gasteiger partial charge in [0.25, 0.3) is 0 Å². The molecule has 3 nitrogen and oxygen atoms in total. The maximum Gasteiger partial charge on any atom is 0.145 e. The van der Waals surface area contributed by atoms with E-state index in [1.165, 1.54) is 5.56 Å². The summed E-state index contributed by atoms with van der Waals surface area (Å²) in [6.07, 6.45) is 0. The number of ether oxygens (including phenoxy) is 1. The standard InChI is InChI=1S/C11H16N2O/c1-8(2)9-3-5-10(6-4-9)14-7-11(12)13/h3-6,8H,7H2,1-2H3,(H3,12,13). The van der Waals surface area contributed by atoms with Crippen LogP contribution in [0.4, 0.5) is 0 Å². The van der Waals surface area contributed by atoms with Crippen molar-refractivity contribution in [1.82, 2.24) is 0 Å². The van der Waals surface area contributed by atoms with Crippen LogP contribution in [0.2, 0.25) is 0 Å². The summed E-state index contributed by atoms with van der Waals surface area (Å²) >= 11 is 0. The molecule has 0 atom stereocenters. The van der Waals surface area contributed by atoms with E-state index in [0.29, 0.717) is 5.92 Å². The molecule has 0 heterocycles. The van der Waals surface area contributed by atoms with E-state index in [-0.39, 0.29) is 12.4 Å². The first-order chi connectivity index (χ1) is 6.59. The van der Waals surface area contributed by atoms with Crippen molar-refractivity contribution in [1.29, 1.82) is 5.41 Å². The van der Waals surface area contributed by atoms with Crippen molar-refractivity contribution in [3.05, 3.63) is 29.8 Å². The predicted molar refractivity (Wildman–Crippen MR) is 57.9 cm³/mol. The van der Waals surface area contributed by atoms with Crippen LogP contribution in [-0.4, -0.2) is 12.4 Å². The van der Waals surface area contributed by atoms with Gasteiger partial charge in [0, 0.05) is 0 Å². The Kier molecular flexibility index (Phi) is 3.51. The molecule has 0 aliphatic heterocycles. The topological polar surface area (TPSA) is 59.1 Å². The fourth-order valence-corrected chi connectivity index (χ4v) is 1.11. The summed E-state index contributed by atoms with van der Waals surface area (Å²) in [6.45, 7) is 4.44. The lowest BCUT2D eigenvalue weighted by atomic mass is 10.0. The molecule has 0 bridgehead atoms. The Morgan fingerprint density at radius 2 is 1.93 bits per heavy atom. The molecule has 0 saturated heterocycles. The smallest absolute Gasteiger partial charge is 0.145 e. The second-order valence-electron chi connectivity index (χ2n) is 3.54. The highest BCUT2D eigenvalue weighted by Gasteiger charge is 1.99. The minimum atomic E-state index is 0.0398. The zero-order valence-electron chi connectivity index (χ0n) is 8.58. The molecular weight excluding hydrogens is 176 g/mol. The molecule has 14 heavy (non-hydrogen) atoms. The normalized spacial score (nSPS) is 10.2. The van der Waals surface area contributed by atoms with Gasteiger partial charge in [0.2, 0.25) is 0 Å². The molecule has 0 saturated carbocycles. The SMILES string of the molecule is CC(C)c1ccc(OCC(=N)N)cc1. The minimum absolute atomic E-state index is 0.0398. The molecule has 1 rings (SSSR count). The molecule has 0 aromatic heterocycles. The lowest BCUT2D eigenvalue weighted by Gasteiger charge is -2.07. The van der Waals surface area contributed by atoms with E-state index in [9.17, 15) is 0 Å². The fourth-order valence-electron chi connectivity index (χ4n) is 1.11. The lowest BCUT2D eigenvalue weighted by Crippen LogP contribution is -2.19. The molecule has 1 aromatic rings. The zero-order chi connectivity index (χ0) is 10.6. The van der Waals surface area contributed by atoms with E-state index in [4.69, 9.17) is 15.9 Å². The third-order valence-electron chi connectivity index (χ3n) is 1.94. The van der Waals surface area contributed by atoms with E-state index in [1.807, 2.05) is 24.3 Å². The van der Waals surface area contributed by atoms with Crippen LogP contribution in [0.15, 0.2) is 24.3 Å². The van der Waals surface area contributed by atoms with Crippen molar-refractivity contribution in [2.75, 3.05) is 6.61 Å². The first kappa shape index (κ1) is 10.6. The highest BCUT2D eigenvalue weighted by molar-refractivity contribution is 5.78. The summed E-state index contributed by atoms with van der Waals surface area (Å²) in [5, 5.41) is 7.01. The Hall–Kier alpha value is -1.51.